The summed E-state index contributed by atoms with van der Waals surface area (Å²) in [6, 6.07) is 4.55. The van der Waals surface area contributed by atoms with Crippen LogP contribution in [0, 0.1) is 11.7 Å². The molecule has 1 aliphatic carbocycles. The molecule has 0 unspecified atom stereocenters. The molecule has 1 fully saturated rings. The molecule has 0 spiro atoms. The third-order valence-corrected chi connectivity index (χ3v) is 6.88. The first kappa shape index (κ1) is 29.0. The van der Waals surface area contributed by atoms with Crippen LogP contribution in [0.1, 0.15) is 67.4 Å². The molecule has 40 heavy (non-hydrogen) atoms. The summed E-state index contributed by atoms with van der Waals surface area (Å²) in [7, 11) is 0. The van der Waals surface area contributed by atoms with Crippen LogP contribution in [0.4, 0.5) is 23.2 Å². The van der Waals surface area contributed by atoms with Crippen molar-refractivity contribution in [2.24, 2.45) is 5.92 Å². The Bertz CT molecular complexity index is 1350. The maximum Gasteiger partial charge on any atom is 0.419 e. The van der Waals surface area contributed by atoms with Gasteiger partial charge in [0.05, 0.1) is 35.8 Å². The quantitative estimate of drug-likeness (QED) is 0.300. The van der Waals surface area contributed by atoms with Gasteiger partial charge in [-0.15, -0.1) is 0 Å². The molecule has 214 valence electrons. The summed E-state index contributed by atoms with van der Waals surface area (Å²) in [6.45, 7) is 3.62. The third kappa shape index (κ3) is 6.60. The number of carboxylic acids is 1. The summed E-state index contributed by atoms with van der Waals surface area (Å²) in [5.41, 5.74) is -1.43. The van der Waals surface area contributed by atoms with Gasteiger partial charge in [0.1, 0.15) is 5.75 Å². The molecule has 1 aliphatic rings. The number of hydrogen-bond acceptors (Lipinski definition) is 5. The Morgan fingerprint density at radius 1 is 1.07 bits per heavy atom. The second kappa shape index (κ2) is 12.1. The molecule has 0 bridgehead atoms. The molecule has 1 heterocycles. The number of carbonyl (C=O) groups excluding carboxylic acids is 1. The lowest BCUT2D eigenvalue weighted by molar-refractivity contribution is -0.138. The molecule has 3 aromatic rings. The van der Waals surface area contributed by atoms with E-state index in [1.807, 2.05) is 0 Å². The SMILES string of the molecule is CC(C)N(C(=O)C1CCCCC1)c1cc(F)c(Oc2ccc(CCn3nccn3)cc2C(F)(F)F)cc1C(=O)O. The Morgan fingerprint density at radius 3 is 2.35 bits per heavy atom. The zero-order valence-electron chi connectivity index (χ0n) is 22.1. The van der Waals surface area contributed by atoms with E-state index in [9.17, 15) is 27.9 Å². The number of halogens is 4. The average Bonchev–Trinajstić information content (AvgIpc) is 3.43. The van der Waals surface area contributed by atoms with Crippen molar-refractivity contribution in [1.29, 1.82) is 0 Å². The molecule has 4 rings (SSSR count). The van der Waals surface area contributed by atoms with Crippen molar-refractivity contribution in [1.82, 2.24) is 15.0 Å². The molecular formula is C28H30F4N4O4. The van der Waals surface area contributed by atoms with Gasteiger partial charge in [-0.1, -0.05) is 25.3 Å². The van der Waals surface area contributed by atoms with E-state index in [1.165, 1.54) is 28.2 Å². The number of nitrogens with zero attached hydrogens (tertiary/aromatic N) is 4. The lowest BCUT2D eigenvalue weighted by Gasteiger charge is -2.33. The van der Waals surface area contributed by atoms with Crippen molar-refractivity contribution in [2.75, 3.05) is 4.90 Å². The molecule has 1 aromatic heterocycles. The van der Waals surface area contributed by atoms with Crippen molar-refractivity contribution in [3.05, 3.63) is 65.2 Å². The fourth-order valence-corrected chi connectivity index (χ4v) is 4.94. The molecule has 8 nitrogen and oxygen atoms in total. The van der Waals surface area contributed by atoms with Gasteiger partial charge in [0.2, 0.25) is 5.91 Å². The Balaban J connectivity index is 1.67. The number of aryl methyl sites for hydroxylation is 2. The molecule has 0 atom stereocenters. The standard InChI is InChI=1S/C28H30F4N4O4/c1-17(2)36(26(37)19-6-4-3-5-7-19)23-16-22(29)25(15-20(23)27(38)39)40-24-9-8-18(14-21(24)28(30,31)32)10-13-35-33-11-12-34-35/h8-9,11-12,14-17,19H,3-7,10,13H2,1-2H3,(H,38,39). The number of alkyl halides is 3. The third-order valence-electron chi connectivity index (χ3n) is 6.88. The van der Waals surface area contributed by atoms with Gasteiger partial charge in [-0.25, -0.2) is 9.18 Å². The highest BCUT2D eigenvalue weighted by Crippen LogP contribution is 2.41. The fourth-order valence-electron chi connectivity index (χ4n) is 4.94. The van der Waals surface area contributed by atoms with Crippen molar-refractivity contribution in [3.8, 4) is 11.5 Å². The first-order valence-electron chi connectivity index (χ1n) is 13.1. The highest BCUT2D eigenvalue weighted by molar-refractivity contribution is 6.03. The minimum atomic E-state index is -4.83. The topological polar surface area (TPSA) is 97.5 Å². The molecular weight excluding hydrogens is 532 g/mol. The van der Waals surface area contributed by atoms with E-state index in [-0.39, 0.29) is 30.5 Å². The number of rotatable bonds is 9. The molecule has 12 heteroatoms. The van der Waals surface area contributed by atoms with Crippen LogP contribution in [0.15, 0.2) is 42.7 Å². The number of aromatic nitrogens is 3. The molecule has 2 aromatic carbocycles. The first-order chi connectivity index (χ1) is 19.0. The van der Waals surface area contributed by atoms with Gasteiger partial charge in [-0.3, -0.25) is 4.79 Å². The maximum atomic E-state index is 15.3. The number of carboxylic acid groups (broad SMARTS) is 1. The highest BCUT2D eigenvalue weighted by atomic mass is 19.4. The van der Waals surface area contributed by atoms with E-state index >= 15 is 4.39 Å². The van der Waals surface area contributed by atoms with Crippen molar-refractivity contribution < 1.29 is 37.0 Å². The summed E-state index contributed by atoms with van der Waals surface area (Å²) in [5.74, 6) is -4.56. The smallest absolute Gasteiger partial charge is 0.419 e. The van der Waals surface area contributed by atoms with Gasteiger partial charge < -0.3 is 14.7 Å². The van der Waals surface area contributed by atoms with Gasteiger partial charge in [0.15, 0.2) is 11.6 Å². The van der Waals surface area contributed by atoms with Crippen LogP contribution in [-0.4, -0.2) is 38.0 Å². The predicted molar refractivity (Wildman–Crippen MR) is 138 cm³/mol. The van der Waals surface area contributed by atoms with Crippen LogP contribution in [0.5, 0.6) is 11.5 Å². The molecule has 1 saturated carbocycles. The largest absolute Gasteiger partial charge is 0.478 e. The maximum absolute atomic E-state index is 15.3. The average molecular weight is 563 g/mol. The van der Waals surface area contributed by atoms with Crippen LogP contribution in [0.3, 0.4) is 0 Å². The zero-order valence-corrected chi connectivity index (χ0v) is 22.1. The Labute approximate surface area is 228 Å². The van der Waals surface area contributed by atoms with Crippen LogP contribution >= 0.6 is 0 Å². The lowest BCUT2D eigenvalue weighted by atomic mass is 9.87. The Morgan fingerprint density at radius 2 is 1.75 bits per heavy atom. The minimum absolute atomic E-state index is 0.165. The van der Waals surface area contributed by atoms with Gasteiger partial charge in [0, 0.05) is 24.1 Å². The Hall–Kier alpha value is -3.96. The van der Waals surface area contributed by atoms with Crippen LogP contribution in [-0.2, 0) is 23.9 Å². The number of ether oxygens (including phenoxy) is 1. The molecule has 0 saturated heterocycles. The van der Waals surface area contributed by atoms with Gasteiger partial charge in [-0.05, 0) is 50.8 Å². The Kier molecular flexibility index (Phi) is 8.75. The number of carbonyl (C=O) groups is 2. The normalized spacial score (nSPS) is 14.4. The van der Waals surface area contributed by atoms with Crippen LogP contribution in [0.25, 0.3) is 0 Å². The van der Waals surface area contributed by atoms with Gasteiger partial charge in [0.25, 0.3) is 0 Å². The van der Waals surface area contributed by atoms with Crippen molar-refractivity contribution in [3.63, 3.8) is 0 Å². The first-order valence-corrected chi connectivity index (χ1v) is 13.1. The number of anilines is 1. The molecule has 1 amide bonds. The summed E-state index contributed by atoms with van der Waals surface area (Å²) >= 11 is 0. The number of aromatic carboxylic acids is 1. The second-order valence-corrected chi connectivity index (χ2v) is 10.0. The summed E-state index contributed by atoms with van der Waals surface area (Å²) in [6.07, 6.45) is 2.34. The summed E-state index contributed by atoms with van der Waals surface area (Å²) < 4.78 is 62.5. The predicted octanol–water partition coefficient (Wildman–Crippen LogP) is 6.49. The van der Waals surface area contributed by atoms with Crippen LogP contribution in [0.2, 0.25) is 0 Å². The highest BCUT2D eigenvalue weighted by Gasteiger charge is 2.36. The number of benzene rings is 2. The van der Waals surface area contributed by atoms with E-state index in [4.69, 9.17) is 4.74 Å². The number of hydrogen-bond donors (Lipinski definition) is 1. The number of amides is 1. The van der Waals surface area contributed by atoms with E-state index in [0.717, 1.165) is 43.5 Å². The molecule has 0 radical (unpaired) electrons. The van der Waals surface area contributed by atoms with E-state index in [0.29, 0.717) is 18.4 Å². The van der Waals surface area contributed by atoms with E-state index in [2.05, 4.69) is 10.2 Å². The minimum Gasteiger partial charge on any atom is -0.478 e. The van der Waals surface area contributed by atoms with Crippen molar-refractivity contribution in [2.45, 2.75) is 71.1 Å². The molecule has 0 aliphatic heterocycles. The summed E-state index contributed by atoms with van der Waals surface area (Å²) in [5, 5.41) is 17.8. The van der Waals surface area contributed by atoms with Crippen molar-refractivity contribution >= 4 is 17.6 Å². The fraction of sp³-hybridized carbons (Fsp3) is 0.429. The van der Waals surface area contributed by atoms with E-state index < -0.39 is 46.6 Å². The molecule has 1 N–H and O–H groups in total. The second-order valence-electron chi connectivity index (χ2n) is 10.0. The van der Waals surface area contributed by atoms with E-state index in [1.54, 1.807) is 13.8 Å². The zero-order chi connectivity index (χ0) is 29.0. The van der Waals surface area contributed by atoms with Gasteiger partial charge >= 0.3 is 12.1 Å². The lowest BCUT2D eigenvalue weighted by Crippen LogP contribution is -2.42. The summed E-state index contributed by atoms with van der Waals surface area (Å²) in [4.78, 5) is 28.2. The van der Waals surface area contributed by atoms with Crippen LogP contribution < -0.4 is 9.64 Å². The van der Waals surface area contributed by atoms with Gasteiger partial charge in [-0.2, -0.15) is 28.2 Å². The monoisotopic (exact) mass is 562 g/mol.